The molecule has 1 fully saturated rings. The van der Waals surface area contributed by atoms with Crippen LogP contribution in [0.25, 0.3) is 11.1 Å². The van der Waals surface area contributed by atoms with Crippen LogP contribution in [-0.4, -0.2) is 54.1 Å². The van der Waals surface area contributed by atoms with E-state index >= 15 is 4.39 Å². The first-order valence-corrected chi connectivity index (χ1v) is 15.2. The molecule has 1 spiro atoms. The topological polar surface area (TPSA) is 139 Å². The zero-order chi connectivity index (χ0) is 32.4. The normalized spacial score (nSPS) is 21.5. The van der Waals surface area contributed by atoms with Crippen molar-refractivity contribution in [2.45, 2.75) is 43.6 Å². The Morgan fingerprint density at radius 1 is 1.13 bits per heavy atom. The van der Waals surface area contributed by atoms with Crippen LogP contribution in [0, 0.1) is 5.82 Å². The van der Waals surface area contributed by atoms with E-state index in [1.165, 1.54) is 19.2 Å². The molecule has 3 aliphatic rings. The van der Waals surface area contributed by atoms with Gasteiger partial charge in [0.15, 0.2) is 11.4 Å². The standard InChI is InChI=1S/C33H31ClFN5O6/c1-45-31(43)37-20-8-9-21-19-12-14-36-25(16-19)22(6-3-2-4-7-27(41)38-26(21)17-20)30(42)40-15-5-13-33(18-40)28-24(39-32(44)46-33)11-10-23(34)29(28)35/h2-3,8-12,14,16-17,22H,4-7,13,15,18H2,1H3,(H,37,43)(H,38,41)(H,39,44)/b3-2-/t22-,33+/m1/s1. The predicted molar refractivity (Wildman–Crippen MR) is 169 cm³/mol. The van der Waals surface area contributed by atoms with Gasteiger partial charge in [-0.25, -0.2) is 14.0 Å². The summed E-state index contributed by atoms with van der Waals surface area (Å²) in [6.07, 6.45) is 5.62. The summed E-state index contributed by atoms with van der Waals surface area (Å²) in [5, 5.41) is 7.97. The first-order valence-electron chi connectivity index (χ1n) is 14.8. The van der Waals surface area contributed by atoms with Gasteiger partial charge in [0.25, 0.3) is 0 Å². The number of pyridine rings is 1. The quantitative estimate of drug-likeness (QED) is 0.268. The molecule has 13 heteroatoms. The molecule has 3 aromatic rings. The average Bonchev–Trinajstić information content (AvgIpc) is 3.04. The van der Waals surface area contributed by atoms with Gasteiger partial charge in [-0.2, -0.15) is 0 Å². The van der Waals surface area contributed by atoms with Gasteiger partial charge in [0.05, 0.1) is 47.2 Å². The molecule has 2 bridgehead atoms. The summed E-state index contributed by atoms with van der Waals surface area (Å²) in [6, 6.07) is 11.5. The van der Waals surface area contributed by atoms with Crippen molar-refractivity contribution in [3.05, 3.63) is 82.9 Å². The Morgan fingerprint density at radius 3 is 2.80 bits per heavy atom. The van der Waals surface area contributed by atoms with Crippen LogP contribution >= 0.6 is 11.6 Å². The van der Waals surface area contributed by atoms with Gasteiger partial charge in [-0.1, -0.05) is 29.8 Å². The number of carbonyl (C=O) groups is 4. The van der Waals surface area contributed by atoms with Gasteiger partial charge in [-0.15, -0.1) is 0 Å². The molecule has 2 atom stereocenters. The number of benzene rings is 2. The maximum atomic E-state index is 15.5. The Balaban J connectivity index is 1.36. The summed E-state index contributed by atoms with van der Waals surface area (Å²) in [6.45, 7) is 0.320. The molecule has 4 heterocycles. The van der Waals surface area contributed by atoms with Crippen LogP contribution in [0.15, 0.2) is 60.8 Å². The number of halogens is 2. The number of piperidine rings is 1. The van der Waals surface area contributed by atoms with Crippen molar-refractivity contribution in [3.63, 3.8) is 0 Å². The fraction of sp³-hybridized carbons (Fsp3) is 0.303. The van der Waals surface area contributed by atoms with Gasteiger partial charge in [0, 0.05) is 30.4 Å². The maximum absolute atomic E-state index is 15.5. The van der Waals surface area contributed by atoms with E-state index in [9.17, 15) is 19.2 Å². The first kappa shape index (κ1) is 31.0. The summed E-state index contributed by atoms with van der Waals surface area (Å²) >= 11 is 6.13. The van der Waals surface area contributed by atoms with Crippen molar-refractivity contribution in [1.82, 2.24) is 9.88 Å². The number of hydrogen-bond acceptors (Lipinski definition) is 7. The minimum Gasteiger partial charge on any atom is -0.453 e. The van der Waals surface area contributed by atoms with Crippen molar-refractivity contribution >= 4 is 52.7 Å². The molecule has 4 amide bonds. The highest BCUT2D eigenvalue weighted by Crippen LogP contribution is 2.46. The van der Waals surface area contributed by atoms with Crippen molar-refractivity contribution in [1.29, 1.82) is 0 Å². The smallest absolute Gasteiger partial charge is 0.412 e. The van der Waals surface area contributed by atoms with Crippen LogP contribution in [0.4, 0.5) is 31.0 Å². The van der Waals surface area contributed by atoms with E-state index < -0.39 is 29.5 Å². The lowest BCUT2D eigenvalue weighted by Gasteiger charge is -2.45. The lowest BCUT2D eigenvalue weighted by Crippen LogP contribution is -2.54. The molecule has 3 aliphatic heterocycles. The largest absolute Gasteiger partial charge is 0.453 e. The SMILES string of the molecule is COC(=O)Nc1ccc2c(c1)NC(=O)CC/C=C\C[C@@H](C(=O)N1CCC[C@@]3(C1)OC(=O)Nc1ccc(Cl)c(F)c13)c1cc-2ccn1. The second-order valence-electron chi connectivity index (χ2n) is 11.3. The monoisotopic (exact) mass is 647 g/mol. The molecule has 0 aliphatic carbocycles. The first-order chi connectivity index (χ1) is 22.2. The van der Waals surface area contributed by atoms with Crippen LogP contribution < -0.4 is 16.0 Å². The van der Waals surface area contributed by atoms with Gasteiger partial charge in [-0.3, -0.25) is 25.2 Å². The Kier molecular flexibility index (Phi) is 8.63. The Morgan fingerprint density at radius 2 is 1.98 bits per heavy atom. The van der Waals surface area contributed by atoms with E-state index in [1.807, 2.05) is 12.2 Å². The molecular weight excluding hydrogens is 617 g/mol. The van der Waals surface area contributed by atoms with E-state index in [-0.39, 0.29) is 41.1 Å². The second-order valence-corrected chi connectivity index (χ2v) is 11.8. The van der Waals surface area contributed by atoms with Gasteiger partial charge in [0.2, 0.25) is 11.8 Å². The third-order valence-corrected chi connectivity index (χ3v) is 8.68. The number of nitrogens with one attached hydrogen (secondary N) is 3. The molecule has 2 aromatic carbocycles. The lowest BCUT2D eigenvalue weighted by molar-refractivity contribution is -0.141. The fourth-order valence-electron chi connectivity index (χ4n) is 6.26. The molecule has 0 saturated carbocycles. The summed E-state index contributed by atoms with van der Waals surface area (Å²) in [4.78, 5) is 57.8. The Hall–Kier alpha value is -4.97. The van der Waals surface area contributed by atoms with Gasteiger partial charge < -0.3 is 19.7 Å². The van der Waals surface area contributed by atoms with Crippen LogP contribution in [0.1, 0.15) is 49.3 Å². The van der Waals surface area contributed by atoms with Gasteiger partial charge >= 0.3 is 12.2 Å². The number of likely N-dealkylation sites (tertiary alicyclic amines) is 1. The second kappa shape index (κ2) is 12.8. The minimum absolute atomic E-state index is 0.0549. The number of nitrogens with zero attached hydrogens (tertiary/aromatic N) is 2. The number of aromatic nitrogens is 1. The van der Waals surface area contributed by atoms with Crippen LogP contribution in [0.2, 0.25) is 5.02 Å². The molecule has 11 nitrogen and oxygen atoms in total. The van der Waals surface area contributed by atoms with E-state index in [0.717, 1.165) is 0 Å². The maximum Gasteiger partial charge on any atom is 0.412 e. The highest BCUT2D eigenvalue weighted by Gasteiger charge is 2.49. The third kappa shape index (κ3) is 6.12. The number of allylic oxidation sites excluding steroid dienone is 2. The summed E-state index contributed by atoms with van der Waals surface area (Å²) < 4.78 is 25.9. The van der Waals surface area contributed by atoms with Crippen LogP contribution in [0.3, 0.4) is 0 Å². The van der Waals surface area contributed by atoms with E-state index in [0.29, 0.717) is 60.4 Å². The van der Waals surface area contributed by atoms with Crippen molar-refractivity contribution in [3.8, 4) is 11.1 Å². The fourth-order valence-corrected chi connectivity index (χ4v) is 6.42. The Labute approximate surface area is 269 Å². The molecule has 6 rings (SSSR count). The number of rotatable bonds is 2. The van der Waals surface area contributed by atoms with Crippen molar-refractivity contribution in [2.75, 3.05) is 36.1 Å². The number of fused-ring (bicyclic) bond motifs is 6. The number of amides is 4. The molecular formula is C33H31ClFN5O6. The molecule has 46 heavy (non-hydrogen) atoms. The molecule has 0 unspecified atom stereocenters. The van der Waals surface area contributed by atoms with Gasteiger partial charge in [-0.05, 0) is 67.6 Å². The Bertz CT molecular complexity index is 1770. The van der Waals surface area contributed by atoms with Crippen molar-refractivity contribution in [2.24, 2.45) is 0 Å². The molecule has 238 valence electrons. The number of carbonyl (C=O) groups excluding carboxylic acids is 4. The van der Waals surface area contributed by atoms with Gasteiger partial charge in [0.1, 0.15) is 0 Å². The average molecular weight is 648 g/mol. The highest BCUT2D eigenvalue weighted by atomic mass is 35.5. The number of methoxy groups -OCH3 is 1. The molecule has 0 radical (unpaired) electrons. The lowest BCUT2D eigenvalue weighted by atomic mass is 9.82. The van der Waals surface area contributed by atoms with Crippen LogP contribution in [-0.2, 0) is 24.7 Å². The zero-order valence-corrected chi connectivity index (χ0v) is 25.7. The highest BCUT2D eigenvalue weighted by molar-refractivity contribution is 6.31. The summed E-state index contributed by atoms with van der Waals surface area (Å²) in [5.41, 5.74) is 1.72. The summed E-state index contributed by atoms with van der Waals surface area (Å²) in [5.74, 6) is -1.89. The molecule has 1 saturated heterocycles. The predicted octanol–water partition coefficient (Wildman–Crippen LogP) is 6.56. The molecule has 1 aromatic heterocycles. The number of ether oxygens (including phenoxy) is 2. The van der Waals surface area contributed by atoms with E-state index in [1.54, 1.807) is 41.4 Å². The van der Waals surface area contributed by atoms with E-state index in [2.05, 4.69) is 20.9 Å². The zero-order valence-electron chi connectivity index (χ0n) is 24.9. The number of hydrogen-bond donors (Lipinski definition) is 3. The van der Waals surface area contributed by atoms with Crippen LogP contribution in [0.5, 0.6) is 0 Å². The van der Waals surface area contributed by atoms with E-state index in [4.69, 9.17) is 21.1 Å². The third-order valence-electron chi connectivity index (χ3n) is 8.39. The number of anilines is 3. The van der Waals surface area contributed by atoms with Crippen molar-refractivity contribution < 1.29 is 33.0 Å². The minimum atomic E-state index is -1.41. The molecule has 3 N–H and O–H groups in total. The summed E-state index contributed by atoms with van der Waals surface area (Å²) in [7, 11) is 1.26.